The zero-order valence-corrected chi connectivity index (χ0v) is 13.3. The van der Waals surface area contributed by atoms with Crippen LogP contribution < -0.4 is 5.73 Å². The summed E-state index contributed by atoms with van der Waals surface area (Å²) in [5.41, 5.74) is 9.18. The van der Waals surface area contributed by atoms with E-state index < -0.39 is 0 Å². The Morgan fingerprint density at radius 1 is 1.14 bits per heavy atom. The topological polar surface area (TPSA) is 69.6 Å². The minimum Gasteiger partial charge on any atom is -0.368 e. The van der Waals surface area contributed by atoms with Crippen LogP contribution in [-0.2, 0) is 13.5 Å². The number of rotatable bonds is 3. The average molecular weight is 334 g/mol. The maximum absolute atomic E-state index is 5.96. The van der Waals surface area contributed by atoms with Crippen molar-refractivity contribution in [2.45, 2.75) is 6.42 Å². The third-order valence-electron chi connectivity index (χ3n) is 3.17. The number of nitrogen functional groups attached to an aromatic ring is 1. The van der Waals surface area contributed by atoms with Crippen molar-refractivity contribution < 1.29 is 0 Å². The molecule has 0 atom stereocenters. The van der Waals surface area contributed by atoms with E-state index in [1.54, 1.807) is 10.7 Å². The van der Waals surface area contributed by atoms with Gasteiger partial charge in [0.25, 0.3) is 0 Å². The summed E-state index contributed by atoms with van der Waals surface area (Å²) in [6, 6.07) is 9.37. The molecule has 112 valence electrons. The molecule has 22 heavy (non-hydrogen) atoms. The van der Waals surface area contributed by atoms with Gasteiger partial charge in [0.1, 0.15) is 10.8 Å². The van der Waals surface area contributed by atoms with Gasteiger partial charge in [-0.2, -0.15) is 5.10 Å². The minimum absolute atomic E-state index is 0.130. The summed E-state index contributed by atoms with van der Waals surface area (Å²) in [4.78, 5) is 8.09. The molecule has 0 saturated heterocycles. The molecule has 3 rings (SSSR count). The number of nitrogens with two attached hydrogens (primary N) is 1. The van der Waals surface area contributed by atoms with Crippen LogP contribution in [0, 0.1) is 0 Å². The lowest BCUT2D eigenvalue weighted by Gasteiger charge is -2.04. The van der Waals surface area contributed by atoms with Crippen molar-refractivity contribution in [3.63, 3.8) is 0 Å². The summed E-state index contributed by atoms with van der Waals surface area (Å²) in [6.07, 6.45) is 2.66. The van der Waals surface area contributed by atoms with Gasteiger partial charge in [-0.3, -0.25) is 4.68 Å². The normalized spacial score (nSPS) is 10.9. The minimum atomic E-state index is 0.130. The van der Waals surface area contributed by atoms with Crippen molar-refractivity contribution in [3.8, 4) is 11.4 Å². The van der Waals surface area contributed by atoms with E-state index in [2.05, 4.69) is 15.1 Å². The van der Waals surface area contributed by atoms with Crippen molar-refractivity contribution in [3.05, 3.63) is 57.8 Å². The fourth-order valence-corrected chi connectivity index (χ4v) is 2.58. The molecule has 0 amide bonds. The van der Waals surface area contributed by atoms with E-state index in [9.17, 15) is 0 Å². The number of hydrogen-bond donors (Lipinski definition) is 1. The first-order valence-corrected chi connectivity index (χ1v) is 7.34. The van der Waals surface area contributed by atoms with E-state index >= 15 is 0 Å². The lowest BCUT2D eigenvalue weighted by atomic mass is 10.0. The first-order chi connectivity index (χ1) is 10.5. The van der Waals surface area contributed by atoms with Crippen LogP contribution in [0.5, 0.6) is 0 Å². The Labute approximate surface area is 137 Å². The largest absolute Gasteiger partial charge is 0.368 e. The van der Waals surface area contributed by atoms with Gasteiger partial charge in [-0.15, -0.1) is 0 Å². The highest BCUT2D eigenvalue weighted by Gasteiger charge is 2.14. The lowest BCUT2D eigenvalue weighted by molar-refractivity contribution is 0.769. The van der Waals surface area contributed by atoms with Gasteiger partial charge < -0.3 is 5.73 Å². The fourth-order valence-electron chi connectivity index (χ4n) is 2.26. The Morgan fingerprint density at radius 2 is 1.86 bits per heavy atom. The number of benzene rings is 1. The van der Waals surface area contributed by atoms with E-state index in [1.807, 2.05) is 37.5 Å². The van der Waals surface area contributed by atoms with E-state index in [0.29, 0.717) is 22.3 Å². The third kappa shape index (κ3) is 3.21. The maximum Gasteiger partial charge on any atom is 0.222 e. The Kier molecular flexibility index (Phi) is 4.00. The molecule has 0 radical (unpaired) electrons. The first kappa shape index (κ1) is 14.8. The molecule has 7 heteroatoms. The predicted molar refractivity (Wildman–Crippen MR) is 87.9 cm³/mol. The van der Waals surface area contributed by atoms with Gasteiger partial charge in [-0.05, 0) is 17.7 Å². The zero-order valence-electron chi connectivity index (χ0n) is 11.8. The van der Waals surface area contributed by atoms with Crippen molar-refractivity contribution in [1.82, 2.24) is 19.7 Å². The smallest absolute Gasteiger partial charge is 0.222 e. The SMILES string of the molecule is Cn1cc(Cc2ccc(Cl)cc2)c(-c2cc(Cl)nc(N)n2)n1. The van der Waals surface area contributed by atoms with Crippen LogP contribution >= 0.6 is 23.2 Å². The molecule has 0 bridgehead atoms. The van der Waals surface area contributed by atoms with Crippen LogP contribution in [0.2, 0.25) is 10.2 Å². The van der Waals surface area contributed by atoms with Crippen molar-refractivity contribution >= 4 is 29.2 Å². The molecule has 2 heterocycles. The van der Waals surface area contributed by atoms with Crippen LogP contribution in [-0.4, -0.2) is 19.7 Å². The maximum atomic E-state index is 5.96. The monoisotopic (exact) mass is 333 g/mol. The van der Waals surface area contributed by atoms with Crippen LogP contribution in [0.4, 0.5) is 5.95 Å². The number of anilines is 1. The van der Waals surface area contributed by atoms with Gasteiger partial charge in [0, 0.05) is 36.3 Å². The summed E-state index contributed by atoms with van der Waals surface area (Å²) < 4.78 is 1.74. The first-order valence-electron chi connectivity index (χ1n) is 6.58. The van der Waals surface area contributed by atoms with Crippen LogP contribution in [0.1, 0.15) is 11.1 Å². The van der Waals surface area contributed by atoms with Crippen LogP contribution in [0.15, 0.2) is 36.5 Å². The molecule has 0 saturated carbocycles. The molecule has 3 aromatic rings. The molecule has 0 unspecified atom stereocenters. The molecule has 0 aliphatic heterocycles. The van der Waals surface area contributed by atoms with Gasteiger partial charge in [-0.25, -0.2) is 9.97 Å². The van der Waals surface area contributed by atoms with Crippen molar-refractivity contribution in [2.75, 3.05) is 5.73 Å². The Hall–Kier alpha value is -2.11. The van der Waals surface area contributed by atoms with Gasteiger partial charge in [-0.1, -0.05) is 35.3 Å². The van der Waals surface area contributed by atoms with Gasteiger partial charge >= 0.3 is 0 Å². The van der Waals surface area contributed by atoms with Crippen LogP contribution in [0.3, 0.4) is 0 Å². The summed E-state index contributed by atoms with van der Waals surface area (Å²) >= 11 is 11.9. The molecule has 0 aliphatic carbocycles. The number of hydrogen-bond acceptors (Lipinski definition) is 4. The highest BCUT2D eigenvalue weighted by atomic mass is 35.5. The number of aryl methyl sites for hydroxylation is 1. The summed E-state index contributed by atoms with van der Waals surface area (Å²) in [5, 5.41) is 5.47. The molecule has 0 aliphatic rings. The van der Waals surface area contributed by atoms with Gasteiger partial charge in [0.05, 0.1) is 5.69 Å². The average Bonchev–Trinajstić information content (AvgIpc) is 2.81. The van der Waals surface area contributed by atoms with Gasteiger partial charge in [0.15, 0.2) is 0 Å². The Bertz CT molecular complexity index is 791. The van der Waals surface area contributed by atoms with E-state index in [-0.39, 0.29) is 5.95 Å². The van der Waals surface area contributed by atoms with Crippen molar-refractivity contribution in [1.29, 1.82) is 0 Å². The van der Waals surface area contributed by atoms with E-state index in [4.69, 9.17) is 28.9 Å². The van der Waals surface area contributed by atoms with E-state index in [1.165, 1.54) is 0 Å². The summed E-state index contributed by atoms with van der Waals surface area (Å²) in [7, 11) is 1.86. The second kappa shape index (κ2) is 5.94. The molecule has 5 nitrogen and oxygen atoms in total. The Balaban J connectivity index is 2.00. The highest BCUT2D eigenvalue weighted by molar-refractivity contribution is 6.30. The molecular formula is C15H13Cl2N5. The second-order valence-corrected chi connectivity index (χ2v) is 5.74. The predicted octanol–water partition coefficient (Wildman–Crippen LogP) is 3.36. The quantitative estimate of drug-likeness (QED) is 0.746. The zero-order chi connectivity index (χ0) is 15.7. The molecule has 0 spiro atoms. The number of halogens is 2. The lowest BCUT2D eigenvalue weighted by Crippen LogP contribution is -1.99. The molecule has 2 N–H and O–H groups in total. The molecule has 0 fully saturated rings. The molecular weight excluding hydrogens is 321 g/mol. The standard InChI is InChI=1S/C15H13Cl2N5/c1-22-8-10(6-9-2-4-11(16)5-3-9)14(21-22)12-7-13(17)20-15(18)19-12/h2-5,7-8H,6H2,1H3,(H2,18,19,20). The summed E-state index contributed by atoms with van der Waals surface area (Å²) in [6.45, 7) is 0. The van der Waals surface area contributed by atoms with Crippen LogP contribution in [0.25, 0.3) is 11.4 Å². The molecule has 2 aromatic heterocycles. The second-order valence-electron chi connectivity index (χ2n) is 4.91. The van der Waals surface area contributed by atoms with Gasteiger partial charge in [0.2, 0.25) is 5.95 Å². The fraction of sp³-hybridized carbons (Fsp3) is 0.133. The highest BCUT2D eigenvalue weighted by Crippen LogP contribution is 2.25. The number of aromatic nitrogens is 4. The third-order valence-corrected chi connectivity index (χ3v) is 3.61. The Morgan fingerprint density at radius 3 is 2.55 bits per heavy atom. The number of nitrogens with zero attached hydrogens (tertiary/aromatic N) is 4. The summed E-state index contributed by atoms with van der Waals surface area (Å²) in [5.74, 6) is 0.130. The van der Waals surface area contributed by atoms with E-state index in [0.717, 1.165) is 16.8 Å². The van der Waals surface area contributed by atoms with Crippen molar-refractivity contribution in [2.24, 2.45) is 7.05 Å². The molecule has 1 aromatic carbocycles.